The second-order valence-corrected chi connectivity index (χ2v) is 9.12. The Kier molecular flexibility index (Phi) is 7.58. The summed E-state index contributed by atoms with van der Waals surface area (Å²) in [5, 5.41) is 14.7. The van der Waals surface area contributed by atoms with Gasteiger partial charge in [-0.05, 0) is 55.8 Å². The Morgan fingerprint density at radius 2 is 2.00 bits per heavy atom. The van der Waals surface area contributed by atoms with Gasteiger partial charge in [0.15, 0.2) is 5.65 Å². The van der Waals surface area contributed by atoms with Gasteiger partial charge in [0.05, 0.1) is 5.69 Å². The molecule has 9 heteroatoms. The number of anilines is 2. The summed E-state index contributed by atoms with van der Waals surface area (Å²) >= 11 is 6.48. The number of urea groups is 1. The number of carbonyl (C=O) groups excluding carboxylic acids is 1. The van der Waals surface area contributed by atoms with Gasteiger partial charge in [-0.25, -0.2) is 9.78 Å². The molecule has 2 amide bonds. The van der Waals surface area contributed by atoms with Gasteiger partial charge < -0.3 is 16.0 Å². The number of benzene rings is 1. The van der Waals surface area contributed by atoms with E-state index in [9.17, 15) is 4.79 Å². The highest BCUT2D eigenvalue weighted by molar-refractivity contribution is 6.36. The van der Waals surface area contributed by atoms with Gasteiger partial charge in [-0.1, -0.05) is 42.0 Å². The average Bonchev–Trinajstić information content (AvgIpc) is 3.19. The summed E-state index contributed by atoms with van der Waals surface area (Å²) in [6.07, 6.45) is 10.4. The minimum atomic E-state index is -0.177. The molecule has 176 valence electrons. The summed E-state index contributed by atoms with van der Waals surface area (Å²) in [6.45, 7) is 5.34. The smallest absolute Gasteiger partial charge is 0.319 e. The van der Waals surface area contributed by atoms with Crippen molar-refractivity contribution < 1.29 is 4.79 Å². The molecule has 0 bridgehead atoms. The standard InChI is InChI=1S/C25H30BClN6O/c1-16-8-7-9-17(2)23(16)32-25(34)29-13-6-5-12-28-22-14-21(18-10-3-4-11-20(18)27)31-24-19(26)15-30-33(22)24/h3-4,7-9,11,14-15,18,28H,5-6,10,12-13,26H2,1-2H3,(H2,29,32,34). The van der Waals surface area contributed by atoms with E-state index in [1.54, 1.807) is 0 Å². The second-order valence-electron chi connectivity index (χ2n) is 8.68. The first kappa shape index (κ1) is 23.9. The zero-order valence-electron chi connectivity index (χ0n) is 19.9. The maximum atomic E-state index is 12.3. The molecule has 1 aliphatic carbocycles. The number of para-hydroxylation sites is 1. The molecule has 7 nitrogen and oxygen atoms in total. The van der Waals surface area contributed by atoms with Crippen LogP contribution in [-0.2, 0) is 0 Å². The lowest BCUT2D eigenvalue weighted by Crippen LogP contribution is -2.30. The Bertz CT molecular complexity index is 1230. The Labute approximate surface area is 206 Å². The van der Waals surface area contributed by atoms with E-state index in [0.29, 0.717) is 6.54 Å². The van der Waals surface area contributed by atoms with Crippen LogP contribution in [0.5, 0.6) is 0 Å². The Hall–Kier alpha value is -3.26. The molecular weight excluding hydrogens is 447 g/mol. The Balaban J connectivity index is 1.30. The fourth-order valence-corrected chi connectivity index (χ4v) is 4.37. The van der Waals surface area contributed by atoms with Gasteiger partial charge in [-0.2, -0.15) is 9.61 Å². The lowest BCUT2D eigenvalue weighted by molar-refractivity contribution is 0.252. The van der Waals surface area contributed by atoms with Gasteiger partial charge in [0, 0.05) is 42.0 Å². The molecular formula is C25H30BClN6O. The second kappa shape index (κ2) is 10.8. The van der Waals surface area contributed by atoms with E-state index >= 15 is 0 Å². The van der Waals surface area contributed by atoms with E-state index in [1.807, 2.05) is 68.8 Å². The number of aromatic nitrogens is 3. The highest BCUT2D eigenvalue weighted by Crippen LogP contribution is 2.33. The summed E-state index contributed by atoms with van der Waals surface area (Å²) in [5.74, 6) is 0.957. The maximum Gasteiger partial charge on any atom is 0.319 e. The number of amides is 2. The first-order valence-electron chi connectivity index (χ1n) is 11.7. The van der Waals surface area contributed by atoms with Crippen molar-refractivity contribution >= 4 is 48.1 Å². The normalized spacial score (nSPS) is 15.3. The van der Waals surface area contributed by atoms with Gasteiger partial charge >= 0.3 is 6.03 Å². The van der Waals surface area contributed by atoms with Crippen LogP contribution in [-0.4, -0.2) is 41.6 Å². The van der Waals surface area contributed by atoms with Crippen LogP contribution in [0.4, 0.5) is 16.3 Å². The van der Waals surface area contributed by atoms with Gasteiger partial charge in [0.1, 0.15) is 13.7 Å². The lowest BCUT2D eigenvalue weighted by atomic mass is 9.96. The van der Waals surface area contributed by atoms with E-state index < -0.39 is 0 Å². The fraction of sp³-hybridized carbons (Fsp3) is 0.320. The van der Waals surface area contributed by atoms with Crippen LogP contribution in [0.2, 0.25) is 0 Å². The minimum absolute atomic E-state index is 0.0612. The number of nitrogens with zero attached hydrogens (tertiary/aromatic N) is 3. The van der Waals surface area contributed by atoms with Crippen molar-refractivity contribution in [3.63, 3.8) is 0 Å². The number of hydrogen-bond acceptors (Lipinski definition) is 4. The van der Waals surface area contributed by atoms with Crippen LogP contribution in [0.25, 0.3) is 5.65 Å². The molecule has 34 heavy (non-hydrogen) atoms. The lowest BCUT2D eigenvalue weighted by Gasteiger charge is -2.18. The number of allylic oxidation sites excluding steroid dienone is 4. The minimum Gasteiger partial charge on any atom is -0.370 e. The van der Waals surface area contributed by atoms with E-state index in [1.165, 1.54) is 0 Å². The molecule has 0 saturated carbocycles. The number of aryl methyl sites for hydroxylation is 2. The number of unbranched alkanes of at least 4 members (excludes halogenated alkanes) is 1. The van der Waals surface area contributed by atoms with Crippen LogP contribution < -0.4 is 21.4 Å². The van der Waals surface area contributed by atoms with E-state index in [2.05, 4.69) is 27.1 Å². The van der Waals surface area contributed by atoms with Gasteiger partial charge in [0.25, 0.3) is 0 Å². The number of rotatable bonds is 8. The third-order valence-corrected chi connectivity index (χ3v) is 6.43. The summed E-state index contributed by atoms with van der Waals surface area (Å²) < 4.78 is 1.84. The molecule has 0 radical (unpaired) electrons. The van der Waals surface area contributed by atoms with Crippen molar-refractivity contribution in [2.24, 2.45) is 0 Å². The maximum absolute atomic E-state index is 12.3. The topological polar surface area (TPSA) is 83.3 Å². The molecule has 3 aromatic rings. The average molecular weight is 477 g/mol. The number of fused-ring (bicyclic) bond motifs is 1. The largest absolute Gasteiger partial charge is 0.370 e. The van der Waals surface area contributed by atoms with Crippen molar-refractivity contribution in [1.82, 2.24) is 19.9 Å². The van der Waals surface area contributed by atoms with Crippen LogP contribution >= 0.6 is 11.6 Å². The molecule has 1 unspecified atom stereocenters. The molecule has 0 saturated heterocycles. The quantitative estimate of drug-likeness (QED) is 0.341. The van der Waals surface area contributed by atoms with Crippen LogP contribution in [0.3, 0.4) is 0 Å². The van der Waals surface area contributed by atoms with Crippen LogP contribution in [0.15, 0.2) is 53.7 Å². The van der Waals surface area contributed by atoms with Gasteiger partial charge in [-0.3, -0.25) is 0 Å². The third kappa shape index (κ3) is 5.45. The monoisotopic (exact) mass is 476 g/mol. The zero-order valence-corrected chi connectivity index (χ0v) is 20.6. The molecule has 1 aliphatic rings. The van der Waals surface area contributed by atoms with E-state index in [4.69, 9.17) is 16.6 Å². The number of halogens is 1. The molecule has 0 aliphatic heterocycles. The Morgan fingerprint density at radius 3 is 2.76 bits per heavy atom. The summed E-state index contributed by atoms with van der Waals surface area (Å²) in [5.41, 5.74) is 5.78. The number of hydrogen-bond donors (Lipinski definition) is 3. The predicted octanol–water partition coefficient (Wildman–Crippen LogP) is 3.78. The van der Waals surface area contributed by atoms with Crippen LogP contribution in [0.1, 0.15) is 42.0 Å². The van der Waals surface area contributed by atoms with Gasteiger partial charge in [-0.15, -0.1) is 0 Å². The molecule has 3 N–H and O–H groups in total. The third-order valence-electron chi connectivity index (χ3n) is 6.04. The van der Waals surface area contributed by atoms with Crippen molar-refractivity contribution in [2.75, 3.05) is 23.7 Å². The number of nitrogens with one attached hydrogen (secondary N) is 3. The predicted molar refractivity (Wildman–Crippen MR) is 142 cm³/mol. The van der Waals surface area contributed by atoms with Gasteiger partial charge in [0.2, 0.25) is 0 Å². The van der Waals surface area contributed by atoms with Crippen LogP contribution in [0, 0.1) is 13.8 Å². The molecule has 1 aromatic carbocycles. The molecule has 1 atom stereocenters. The SMILES string of the molecule is Bc1cnn2c(NCCCCNC(=O)Nc3c(C)cccc3C)cc(C3CC=CC=C3Cl)nc12. The van der Waals surface area contributed by atoms with Crippen molar-refractivity contribution in [2.45, 2.75) is 39.0 Å². The van der Waals surface area contributed by atoms with Crippen molar-refractivity contribution in [1.29, 1.82) is 0 Å². The summed E-state index contributed by atoms with van der Waals surface area (Å²) in [4.78, 5) is 17.1. The Morgan fingerprint density at radius 1 is 1.24 bits per heavy atom. The zero-order chi connectivity index (χ0) is 24.1. The molecule has 2 aromatic heterocycles. The van der Waals surface area contributed by atoms with Crippen molar-refractivity contribution in [3.8, 4) is 0 Å². The number of carbonyl (C=O) groups is 1. The highest BCUT2D eigenvalue weighted by atomic mass is 35.5. The summed E-state index contributed by atoms with van der Waals surface area (Å²) in [7, 11) is 2.01. The summed E-state index contributed by atoms with van der Waals surface area (Å²) in [6, 6.07) is 7.83. The molecule has 2 heterocycles. The molecule has 0 fully saturated rings. The highest BCUT2D eigenvalue weighted by Gasteiger charge is 2.20. The van der Waals surface area contributed by atoms with E-state index in [-0.39, 0.29) is 11.9 Å². The molecule has 0 spiro atoms. The first-order chi connectivity index (χ1) is 16.4. The first-order valence-corrected chi connectivity index (χ1v) is 12.0. The van der Waals surface area contributed by atoms with Crippen molar-refractivity contribution in [3.05, 3.63) is 70.5 Å². The van der Waals surface area contributed by atoms with E-state index in [0.717, 1.165) is 70.3 Å². The fourth-order valence-electron chi connectivity index (χ4n) is 4.10. The molecule has 4 rings (SSSR count).